The minimum Gasteiger partial charge on any atom is -0.478 e. The molecule has 0 saturated carbocycles. The van der Waals surface area contributed by atoms with Gasteiger partial charge in [0.25, 0.3) is 0 Å². The molecule has 6 heteroatoms. The van der Waals surface area contributed by atoms with Crippen LogP contribution in [0.3, 0.4) is 0 Å². The Kier molecular flexibility index (Phi) is 2.50. The number of aromatic amines is 1. The Balaban J connectivity index is 2.27. The number of carboxylic acid groups (broad SMARTS) is 1. The molecule has 2 N–H and O–H groups in total. The molecule has 0 bridgehead atoms. The van der Waals surface area contributed by atoms with Gasteiger partial charge in [0.15, 0.2) is 0 Å². The number of nitrogens with one attached hydrogen (secondary N) is 1. The van der Waals surface area contributed by atoms with Gasteiger partial charge in [-0.25, -0.2) is 4.79 Å². The van der Waals surface area contributed by atoms with Crippen LogP contribution in [0, 0.1) is 0 Å². The predicted molar refractivity (Wildman–Crippen MR) is 67.8 cm³/mol. The SMILES string of the molecule is O=C(O)c1ccc2c(c1)[nH]c1cc(C(F)(F)F)ccc12. The minimum atomic E-state index is -4.41. The van der Waals surface area contributed by atoms with Gasteiger partial charge >= 0.3 is 12.1 Å². The Morgan fingerprint density at radius 3 is 2.20 bits per heavy atom. The number of alkyl halides is 3. The third kappa shape index (κ3) is 1.89. The molecule has 0 fully saturated rings. The largest absolute Gasteiger partial charge is 0.478 e. The third-order valence-electron chi connectivity index (χ3n) is 3.17. The molecule has 0 saturated heterocycles. The number of hydrogen-bond acceptors (Lipinski definition) is 1. The molecule has 0 radical (unpaired) electrons. The van der Waals surface area contributed by atoms with Gasteiger partial charge in [0.2, 0.25) is 0 Å². The van der Waals surface area contributed by atoms with Crippen LogP contribution >= 0.6 is 0 Å². The molecule has 0 unspecified atom stereocenters. The normalized spacial score (nSPS) is 12.2. The number of benzene rings is 2. The standard InChI is InChI=1S/C14H8F3NO2/c15-14(16,17)8-2-4-10-9-3-1-7(13(19)20)5-11(9)18-12(10)6-8/h1-6,18H,(H,19,20). The lowest BCUT2D eigenvalue weighted by molar-refractivity contribution is -0.137. The maximum atomic E-state index is 12.6. The number of carboxylic acids is 1. The average Bonchev–Trinajstić information content (AvgIpc) is 2.73. The van der Waals surface area contributed by atoms with E-state index in [4.69, 9.17) is 5.11 Å². The van der Waals surface area contributed by atoms with Crippen molar-refractivity contribution in [3.05, 3.63) is 47.5 Å². The molecular formula is C14H8F3NO2. The van der Waals surface area contributed by atoms with Gasteiger partial charge in [0.05, 0.1) is 11.1 Å². The summed E-state index contributed by atoms with van der Waals surface area (Å²) in [6.45, 7) is 0. The van der Waals surface area contributed by atoms with Crippen molar-refractivity contribution in [1.82, 2.24) is 4.98 Å². The summed E-state index contributed by atoms with van der Waals surface area (Å²) in [6, 6.07) is 7.85. The van der Waals surface area contributed by atoms with Crippen LogP contribution in [-0.2, 0) is 6.18 Å². The van der Waals surface area contributed by atoms with Crippen LogP contribution in [0.4, 0.5) is 13.2 Å². The number of halogens is 3. The van der Waals surface area contributed by atoms with Gasteiger partial charge in [-0.1, -0.05) is 12.1 Å². The molecule has 0 aliphatic rings. The van der Waals surface area contributed by atoms with E-state index >= 15 is 0 Å². The molecule has 2 aromatic carbocycles. The van der Waals surface area contributed by atoms with Crippen LogP contribution in [0.2, 0.25) is 0 Å². The van der Waals surface area contributed by atoms with Gasteiger partial charge in [-0.3, -0.25) is 0 Å². The van der Waals surface area contributed by atoms with Gasteiger partial charge in [0, 0.05) is 21.8 Å². The third-order valence-corrected chi connectivity index (χ3v) is 3.17. The maximum absolute atomic E-state index is 12.6. The summed E-state index contributed by atoms with van der Waals surface area (Å²) in [7, 11) is 0. The summed E-state index contributed by atoms with van der Waals surface area (Å²) in [5.74, 6) is -1.08. The molecule has 0 spiro atoms. The van der Waals surface area contributed by atoms with Gasteiger partial charge in [-0.15, -0.1) is 0 Å². The van der Waals surface area contributed by atoms with Gasteiger partial charge in [-0.2, -0.15) is 13.2 Å². The van der Waals surface area contributed by atoms with Crippen LogP contribution in [0.15, 0.2) is 36.4 Å². The highest BCUT2D eigenvalue weighted by atomic mass is 19.4. The second-order valence-corrected chi connectivity index (χ2v) is 4.45. The van der Waals surface area contributed by atoms with E-state index in [1.165, 1.54) is 18.2 Å². The van der Waals surface area contributed by atoms with Crippen molar-refractivity contribution in [2.45, 2.75) is 6.18 Å². The summed E-state index contributed by atoms with van der Waals surface area (Å²) < 4.78 is 37.9. The zero-order chi connectivity index (χ0) is 14.5. The smallest absolute Gasteiger partial charge is 0.416 e. The molecule has 3 rings (SSSR count). The highest BCUT2D eigenvalue weighted by molar-refractivity contribution is 6.09. The monoisotopic (exact) mass is 279 g/mol. The average molecular weight is 279 g/mol. The molecule has 0 aliphatic carbocycles. The van der Waals surface area contributed by atoms with Crippen LogP contribution in [0.1, 0.15) is 15.9 Å². The molecule has 3 aromatic rings. The zero-order valence-electron chi connectivity index (χ0n) is 9.95. The molecular weight excluding hydrogens is 271 g/mol. The summed E-state index contributed by atoms with van der Waals surface area (Å²) in [6.07, 6.45) is -4.41. The molecule has 0 atom stereocenters. The molecule has 1 heterocycles. The number of aromatic carboxylic acids is 1. The molecule has 0 aliphatic heterocycles. The highest BCUT2D eigenvalue weighted by Crippen LogP contribution is 2.33. The van der Waals surface area contributed by atoms with Crippen molar-refractivity contribution in [1.29, 1.82) is 0 Å². The minimum absolute atomic E-state index is 0.0834. The summed E-state index contributed by atoms with van der Waals surface area (Å²) >= 11 is 0. The van der Waals surface area contributed by atoms with E-state index in [1.807, 2.05) is 0 Å². The lowest BCUT2D eigenvalue weighted by Crippen LogP contribution is -2.03. The van der Waals surface area contributed by atoms with E-state index in [2.05, 4.69) is 4.98 Å². The lowest BCUT2D eigenvalue weighted by Gasteiger charge is -2.05. The van der Waals surface area contributed by atoms with E-state index < -0.39 is 17.7 Å². The number of carbonyl (C=O) groups is 1. The van der Waals surface area contributed by atoms with Crippen LogP contribution in [0.25, 0.3) is 21.8 Å². The summed E-state index contributed by atoms with van der Waals surface area (Å²) in [4.78, 5) is 13.7. The fraction of sp³-hybridized carbons (Fsp3) is 0.0714. The second kappa shape index (κ2) is 4.00. The first-order chi connectivity index (χ1) is 9.36. The van der Waals surface area contributed by atoms with Gasteiger partial charge < -0.3 is 10.1 Å². The first kappa shape index (κ1) is 12.5. The van der Waals surface area contributed by atoms with Crippen molar-refractivity contribution < 1.29 is 23.1 Å². The Hall–Kier alpha value is -2.50. The van der Waals surface area contributed by atoms with E-state index in [9.17, 15) is 18.0 Å². The topological polar surface area (TPSA) is 53.1 Å². The summed E-state index contributed by atoms with van der Waals surface area (Å²) in [5.41, 5.74) is 0.173. The van der Waals surface area contributed by atoms with E-state index in [0.717, 1.165) is 12.1 Å². The van der Waals surface area contributed by atoms with Gasteiger partial charge in [0.1, 0.15) is 0 Å². The fourth-order valence-corrected chi connectivity index (χ4v) is 2.22. The Morgan fingerprint density at radius 2 is 1.60 bits per heavy atom. The van der Waals surface area contributed by atoms with E-state index in [1.54, 1.807) is 6.07 Å². The fourth-order valence-electron chi connectivity index (χ4n) is 2.22. The van der Waals surface area contributed by atoms with Crippen LogP contribution in [0.5, 0.6) is 0 Å². The van der Waals surface area contributed by atoms with Crippen LogP contribution < -0.4 is 0 Å². The van der Waals surface area contributed by atoms with Gasteiger partial charge in [-0.05, 0) is 24.3 Å². The number of aromatic nitrogens is 1. The Bertz CT molecular complexity index is 833. The molecule has 1 aromatic heterocycles. The number of hydrogen-bond donors (Lipinski definition) is 2. The summed E-state index contributed by atoms with van der Waals surface area (Å²) in [5, 5.41) is 10.2. The van der Waals surface area contributed by atoms with Crippen molar-refractivity contribution in [2.75, 3.05) is 0 Å². The van der Waals surface area contributed by atoms with Crippen molar-refractivity contribution >= 4 is 27.8 Å². The predicted octanol–water partition coefficient (Wildman–Crippen LogP) is 4.04. The number of rotatable bonds is 1. The molecule has 102 valence electrons. The van der Waals surface area contributed by atoms with Crippen molar-refractivity contribution in [2.24, 2.45) is 0 Å². The molecule has 20 heavy (non-hydrogen) atoms. The molecule has 3 nitrogen and oxygen atoms in total. The highest BCUT2D eigenvalue weighted by Gasteiger charge is 2.30. The zero-order valence-corrected chi connectivity index (χ0v) is 9.95. The Labute approximate surface area is 110 Å². The Morgan fingerprint density at radius 1 is 1.00 bits per heavy atom. The quantitative estimate of drug-likeness (QED) is 0.706. The van der Waals surface area contributed by atoms with Crippen molar-refractivity contribution in [3.63, 3.8) is 0 Å². The van der Waals surface area contributed by atoms with Crippen LogP contribution in [-0.4, -0.2) is 16.1 Å². The van der Waals surface area contributed by atoms with Crippen molar-refractivity contribution in [3.8, 4) is 0 Å². The number of H-pyrrole nitrogens is 1. The van der Waals surface area contributed by atoms with E-state index in [-0.39, 0.29) is 5.56 Å². The first-order valence-corrected chi connectivity index (χ1v) is 5.72. The lowest BCUT2D eigenvalue weighted by atomic mass is 10.1. The van der Waals surface area contributed by atoms with E-state index in [0.29, 0.717) is 21.8 Å². The molecule has 0 amide bonds. The second-order valence-electron chi connectivity index (χ2n) is 4.45. The first-order valence-electron chi connectivity index (χ1n) is 5.72. The maximum Gasteiger partial charge on any atom is 0.416 e. The number of fused-ring (bicyclic) bond motifs is 3.